The van der Waals surface area contributed by atoms with Gasteiger partial charge in [0, 0.05) is 9.92 Å². The van der Waals surface area contributed by atoms with Crippen LogP contribution in [0.1, 0.15) is 10.8 Å². The maximum atomic E-state index is 11.2. The second-order valence-corrected chi connectivity index (χ2v) is 6.78. The first-order chi connectivity index (χ1) is 10.6. The van der Waals surface area contributed by atoms with Crippen molar-refractivity contribution in [3.8, 4) is 0 Å². The predicted octanol–water partition coefficient (Wildman–Crippen LogP) is 4.41. The van der Waals surface area contributed by atoms with Crippen LogP contribution in [0.3, 0.4) is 0 Å². The van der Waals surface area contributed by atoms with E-state index in [2.05, 4.69) is 0 Å². The summed E-state index contributed by atoms with van der Waals surface area (Å²) >= 11 is 13.5. The molecule has 0 aromatic heterocycles. The van der Waals surface area contributed by atoms with E-state index >= 15 is 0 Å². The minimum Gasteiger partial charge on any atom is -0.480 e. The molecule has 1 aliphatic rings. The molecular weight excluding hydrogens is 338 g/mol. The molecule has 2 aromatic rings. The van der Waals surface area contributed by atoms with Crippen molar-refractivity contribution in [3.05, 3.63) is 59.1 Å². The molecule has 3 nitrogen and oxygen atoms in total. The number of rotatable bonds is 3. The van der Waals surface area contributed by atoms with Crippen LogP contribution in [0.5, 0.6) is 0 Å². The first-order valence-electron chi connectivity index (χ1n) is 6.61. The summed E-state index contributed by atoms with van der Waals surface area (Å²) in [6.45, 7) is -0.155. The zero-order chi connectivity index (χ0) is 15.7. The van der Waals surface area contributed by atoms with Crippen LogP contribution >= 0.6 is 35.6 Å². The van der Waals surface area contributed by atoms with Gasteiger partial charge >= 0.3 is 5.97 Å². The Balaban J connectivity index is 2.07. The van der Waals surface area contributed by atoms with E-state index in [1.807, 2.05) is 48.5 Å². The molecule has 1 heterocycles. The highest BCUT2D eigenvalue weighted by molar-refractivity contribution is 8.01. The van der Waals surface area contributed by atoms with Gasteiger partial charge in [0.2, 0.25) is 0 Å². The highest BCUT2D eigenvalue weighted by atomic mass is 35.5. The quantitative estimate of drug-likeness (QED) is 0.831. The average Bonchev–Trinajstić information content (AvgIpc) is 2.50. The smallest absolute Gasteiger partial charge is 0.323 e. The Bertz CT molecular complexity index is 750. The van der Waals surface area contributed by atoms with Gasteiger partial charge < -0.3 is 10.0 Å². The van der Waals surface area contributed by atoms with Gasteiger partial charge in [0.25, 0.3) is 0 Å². The monoisotopic (exact) mass is 349 g/mol. The van der Waals surface area contributed by atoms with E-state index in [1.165, 1.54) is 0 Å². The largest absolute Gasteiger partial charge is 0.480 e. The summed E-state index contributed by atoms with van der Waals surface area (Å²) in [6.07, 6.45) is 0. The van der Waals surface area contributed by atoms with Gasteiger partial charge in [-0.25, -0.2) is 0 Å². The SMILES string of the molecule is O=C(O)CN1C(=S)C(c2ccccc2Cl)Sc2ccccc21. The molecule has 0 spiro atoms. The summed E-state index contributed by atoms with van der Waals surface area (Å²) in [6, 6.07) is 15.2. The second kappa shape index (κ2) is 6.28. The van der Waals surface area contributed by atoms with Crippen LogP contribution in [0, 0.1) is 0 Å². The third-order valence-electron chi connectivity index (χ3n) is 3.37. The number of benzene rings is 2. The lowest BCUT2D eigenvalue weighted by Gasteiger charge is -2.35. The molecule has 0 radical (unpaired) electrons. The predicted molar refractivity (Wildman–Crippen MR) is 94.1 cm³/mol. The number of thioether (sulfide) groups is 1. The number of nitrogens with zero attached hydrogens (tertiary/aromatic N) is 1. The topological polar surface area (TPSA) is 40.5 Å². The molecule has 0 aliphatic carbocycles. The number of carboxylic acid groups (broad SMARTS) is 1. The normalized spacial score (nSPS) is 17.2. The van der Waals surface area contributed by atoms with Gasteiger partial charge in [0.15, 0.2) is 0 Å². The lowest BCUT2D eigenvalue weighted by Crippen LogP contribution is -2.39. The standard InChI is InChI=1S/C16H12ClNO2S2/c17-11-6-2-1-5-10(11)15-16(21)18(9-14(19)20)12-7-3-4-8-13(12)22-15/h1-8,15H,9H2,(H,19,20). The molecule has 1 atom stereocenters. The van der Waals surface area contributed by atoms with E-state index in [0.717, 1.165) is 16.1 Å². The summed E-state index contributed by atoms with van der Waals surface area (Å²) in [5, 5.41) is 9.65. The average molecular weight is 350 g/mol. The summed E-state index contributed by atoms with van der Waals surface area (Å²) in [5.41, 5.74) is 1.74. The molecule has 1 aliphatic heterocycles. The van der Waals surface area contributed by atoms with Gasteiger partial charge in [-0.1, -0.05) is 54.2 Å². The molecular formula is C16H12ClNO2S2. The maximum absolute atomic E-state index is 11.2. The number of carbonyl (C=O) groups is 1. The Morgan fingerprint density at radius 3 is 2.64 bits per heavy atom. The Hall–Kier alpha value is -1.56. The molecule has 0 bridgehead atoms. The van der Waals surface area contributed by atoms with E-state index in [0.29, 0.717) is 10.0 Å². The van der Waals surface area contributed by atoms with E-state index < -0.39 is 5.97 Å². The van der Waals surface area contributed by atoms with Gasteiger partial charge in [-0.05, 0) is 23.8 Å². The molecule has 1 N–H and O–H groups in total. The zero-order valence-electron chi connectivity index (χ0n) is 11.4. The van der Waals surface area contributed by atoms with Crippen molar-refractivity contribution in [3.63, 3.8) is 0 Å². The molecule has 0 amide bonds. The maximum Gasteiger partial charge on any atom is 0.323 e. The first-order valence-corrected chi connectivity index (χ1v) is 8.28. The van der Waals surface area contributed by atoms with Crippen molar-refractivity contribution in [1.29, 1.82) is 0 Å². The van der Waals surface area contributed by atoms with Crippen molar-refractivity contribution < 1.29 is 9.90 Å². The number of halogens is 1. The van der Waals surface area contributed by atoms with Crippen molar-refractivity contribution in [2.45, 2.75) is 10.1 Å². The lowest BCUT2D eigenvalue weighted by molar-refractivity contribution is -0.135. The van der Waals surface area contributed by atoms with E-state index in [4.69, 9.17) is 23.8 Å². The molecule has 0 saturated carbocycles. The number of thiocarbonyl (C=S) groups is 1. The number of hydrogen-bond donors (Lipinski definition) is 1. The minimum atomic E-state index is -0.915. The van der Waals surface area contributed by atoms with Crippen molar-refractivity contribution in [1.82, 2.24) is 0 Å². The van der Waals surface area contributed by atoms with Gasteiger partial charge in [-0.3, -0.25) is 4.79 Å². The summed E-state index contributed by atoms with van der Waals surface area (Å²) < 4.78 is 0. The summed E-state index contributed by atoms with van der Waals surface area (Å²) in [4.78, 5) is 14.4. The Morgan fingerprint density at radius 2 is 1.91 bits per heavy atom. The van der Waals surface area contributed by atoms with Crippen LogP contribution in [0.15, 0.2) is 53.4 Å². The number of anilines is 1. The van der Waals surface area contributed by atoms with E-state index in [1.54, 1.807) is 16.7 Å². The lowest BCUT2D eigenvalue weighted by atomic mass is 10.1. The third kappa shape index (κ3) is 2.84. The number of para-hydroxylation sites is 1. The van der Waals surface area contributed by atoms with E-state index in [9.17, 15) is 9.90 Å². The molecule has 2 aromatic carbocycles. The summed E-state index contributed by atoms with van der Waals surface area (Å²) in [5.74, 6) is -0.915. The van der Waals surface area contributed by atoms with Crippen LogP contribution in [0.4, 0.5) is 5.69 Å². The molecule has 112 valence electrons. The van der Waals surface area contributed by atoms with Gasteiger partial charge in [0.05, 0.1) is 10.9 Å². The molecule has 1 unspecified atom stereocenters. The number of carboxylic acids is 1. The Kier molecular flexibility index (Phi) is 4.38. The van der Waals surface area contributed by atoms with E-state index in [-0.39, 0.29) is 11.8 Å². The summed E-state index contributed by atoms with van der Waals surface area (Å²) in [7, 11) is 0. The van der Waals surface area contributed by atoms with Gasteiger partial charge in [-0.15, -0.1) is 11.8 Å². The van der Waals surface area contributed by atoms with Crippen LogP contribution < -0.4 is 4.90 Å². The highest BCUT2D eigenvalue weighted by Gasteiger charge is 2.33. The first kappa shape index (κ1) is 15.3. The van der Waals surface area contributed by atoms with Crippen LogP contribution in [0.25, 0.3) is 0 Å². The fraction of sp³-hybridized carbons (Fsp3) is 0.125. The fourth-order valence-corrected chi connectivity index (χ4v) is 4.41. The van der Waals surface area contributed by atoms with Crippen LogP contribution in [0.2, 0.25) is 5.02 Å². The Morgan fingerprint density at radius 1 is 1.23 bits per heavy atom. The molecule has 22 heavy (non-hydrogen) atoms. The Labute approximate surface area is 142 Å². The molecule has 0 saturated heterocycles. The van der Waals surface area contributed by atoms with Crippen molar-refractivity contribution in [2.75, 3.05) is 11.4 Å². The number of fused-ring (bicyclic) bond motifs is 1. The minimum absolute atomic E-state index is 0.155. The van der Waals surface area contributed by atoms with Crippen molar-refractivity contribution in [2.24, 2.45) is 0 Å². The molecule has 6 heteroatoms. The third-order valence-corrected chi connectivity index (χ3v) is 5.63. The van der Waals surface area contributed by atoms with Crippen molar-refractivity contribution >= 4 is 52.2 Å². The second-order valence-electron chi connectivity index (χ2n) is 4.81. The number of hydrogen-bond acceptors (Lipinski definition) is 3. The highest BCUT2D eigenvalue weighted by Crippen LogP contribution is 2.48. The van der Waals surface area contributed by atoms with Gasteiger partial charge in [0.1, 0.15) is 11.5 Å². The number of aliphatic carboxylic acids is 1. The fourth-order valence-electron chi connectivity index (χ4n) is 2.40. The molecule has 0 fully saturated rings. The molecule has 3 rings (SSSR count). The zero-order valence-corrected chi connectivity index (χ0v) is 13.8. The van der Waals surface area contributed by atoms with Crippen LogP contribution in [-0.2, 0) is 4.79 Å². The van der Waals surface area contributed by atoms with Gasteiger partial charge in [-0.2, -0.15) is 0 Å². The van der Waals surface area contributed by atoms with Crippen LogP contribution in [-0.4, -0.2) is 22.6 Å².